The van der Waals surface area contributed by atoms with E-state index < -0.39 is 5.41 Å². The van der Waals surface area contributed by atoms with Crippen molar-refractivity contribution < 1.29 is 13.9 Å². The number of halogens is 1. The lowest BCUT2D eigenvalue weighted by molar-refractivity contribution is -0.123. The van der Waals surface area contributed by atoms with E-state index in [-0.39, 0.29) is 23.8 Å². The predicted molar refractivity (Wildman–Crippen MR) is 164 cm³/mol. The second kappa shape index (κ2) is 11.0. The zero-order valence-corrected chi connectivity index (χ0v) is 24.8. The molecule has 1 saturated heterocycles. The van der Waals surface area contributed by atoms with Crippen LogP contribution in [0.5, 0.6) is 5.75 Å². The van der Waals surface area contributed by atoms with Crippen LogP contribution in [0.2, 0.25) is 0 Å². The largest absolute Gasteiger partial charge is 0.494 e. The minimum absolute atomic E-state index is 0.108. The van der Waals surface area contributed by atoms with Crippen LogP contribution in [0, 0.1) is 25.1 Å². The summed E-state index contributed by atoms with van der Waals surface area (Å²) >= 11 is 5.93. The van der Waals surface area contributed by atoms with Gasteiger partial charge in [-0.05, 0) is 86.2 Å². The van der Waals surface area contributed by atoms with Crippen LogP contribution >= 0.6 is 12.2 Å². The summed E-state index contributed by atoms with van der Waals surface area (Å²) in [5.41, 5.74) is 5.65. The molecule has 2 aromatic heterocycles. The van der Waals surface area contributed by atoms with E-state index in [4.69, 9.17) is 17.0 Å². The number of methoxy groups -OCH3 is 1. The maximum atomic E-state index is 13.7. The lowest BCUT2D eigenvalue weighted by Gasteiger charge is -2.29. The van der Waals surface area contributed by atoms with Crippen molar-refractivity contribution in [2.24, 2.45) is 5.41 Å². The van der Waals surface area contributed by atoms with Gasteiger partial charge in [0.1, 0.15) is 11.6 Å². The molecule has 5 rings (SSSR count). The second-order valence-corrected chi connectivity index (χ2v) is 11.6. The Morgan fingerprint density at radius 3 is 2.39 bits per heavy atom. The first-order valence-corrected chi connectivity index (χ1v) is 13.9. The summed E-state index contributed by atoms with van der Waals surface area (Å²) in [6.45, 7) is 9.69. The first kappa shape index (κ1) is 28.3. The normalized spacial score (nSPS) is 17.0. The maximum Gasteiger partial charge on any atom is 0.229 e. The fraction of sp³-hybridized carbons (Fsp3) is 0.281. The number of amides is 1. The lowest BCUT2D eigenvalue weighted by atomic mass is 9.95. The number of aromatic nitrogens is 2. The average molecular weight is 572 g/mol. The summed E-state index contributed by atoms with van der Waals surface area (Å²) in [5, 5.41) is 7.03. The number of anilines is 2. The van der Waals surface area contributed by atoms with Gasteiger partial charge < -0.3 is 24.8 Å². The molecule has 2 aromatic carbocycles. The number of hydrogen-bond donors (Lipinski definition) is 2. The molecule has 2 atom stereocenters. The van der Waals surface area contributed by atoms with Crippen LogP contribution in [0.4, 0.5) is 15.8 Å². The van der Waals surface area contributed by atoms with Crippen LogP contribution in [-0.4, -0.2) is 27.7 Å². The van der Waals surface area contributed by atoms with Crippen molar-refractivity contribution in [2.45, 2.75) is 46.7 Å². The van der Waals surface area contributed by atoms with Crippen molar-refractivity contribution in [1.29, 1.82) is 0 Å². The molecule has 41 heavy (non-hydrogen) atoms. The summed E-state index contributed by atoms with van der Waals surface area (Å²) in [5.74, 6) is 0.141. The van der Waals surface area contributed by atoms with Crippen LogP contribution in [-0.2, 0) is 4.79 Å². The Morgan fingerprint density at radius 2 is 1.76 bits per heavy atom. The monoisotopic (exact) mass is 571 g/mol. The molecule has 4 aromatic rings. The van der Waals surface area contributed by atoms with E-state index in [0.717, 1.165) is 34.0 Å². The number of carbonyl (C=O) groups excluding carboxylic acids is 1. The van der Waals surface area contributed by atoms with Gasteiger partial charge in [0.05, 0.1) is 30.6 Å². The standard InChI is InChI=1S/C32H34FN5O2S/c1-19-17-24(20(2)37(19)22-12-10-21(33)11-13-22)29-28(26-9-7-8-16-34-26)36-31(41)38(29)23-14-15-25(27(18-23)40-6)35-30(39)32(3,4)5/h7-18,28-29H,1-6H3,(H,35,39)(H,36,41)/t28-,29-/m0/s1. The molecule has 1 aliphatic heterocycles. The van der Waals surface area contributed by atoms with Crippen molar-refractivity contribution in [3.8, 4) is 11.4 Å². The summed E-state index contributed by atoms with van der Waals surface area (Å²) < 4.78 is 21.5. The SMILES string of the molecule is COc1cc(N2C(=S)N[C@@H](c3ccccn3)[C@@H]2c2cc(C)n(-c3ccc(F)cc3)c2C)ccc1NC(=O)C(C)(C)C. The zero-order chi connectivity index (χ0) is 29.5. The number of ether oxygens (including phenoxy) is 1. The van der Waals surface area contributed by atoms with Gasteiger partial charge in [-0.3, -0.25) is 9.78 Å². The molecular weight excluding hydrogens is 537 g/mol. The summed E-state index contributed by atoms with van der Waals surface area (Å²) in [7, 11) is 1.58. The smallest absolute Gasteiger partial charge is 0.229 e. The van der Waals surface area contributed by atoms with Gasteiger partial charge >= 0.3 is 0 Å². The molecule has 0 spiro atoms. The van der Waals surface area contributed by atoms with E-state index >= 15 is 0 Å². The van der Waals surface area contributed by atoms with Crippen LogP contribution in [0.1, 0.15) is 55.5 Å². The Hall–Kier alpha value is -4.24. The highest BCUT2D eigenvalue weighted by Crippen LogP contribution is 2.45. The number of aryl methyl sites for hydroxylation is 1. The number of thiocarbonyl (C=S) groups is 1. The van der Waals surface area contributed by atoms with E-state index in [1.807, 2.05) is 64.1 Å². The number of nitrogens with zero attached hydrogens (tertiary/aromatic N) is 3. The van der Waals surface area contributed by atoms with E-state index in [9.17, 15) is 9.18 Å². The predicted octanol–water partition coefficient (Wildman–Crippen LogP) is 6.80. The first-order chi connectivity index (χ1) is 19.5. The molecule has 1 fully saturated rings. The molecule has 0 radical (unpaired) electrons. The number of benzene rings is 2. The van der Waals surface area contributed by atoms with Crippen LogP contribution in [0.25, 0.3) is 5.69 Å². The van der Waals surface area contributed by atoms with Crippen LogP contribution < -0.4 is 20.3 Å². The Balaban J connectivity index is 1.62. The van der Waals surface area contributed by atoms with E-state index in [0.29, 0.717) is 16.5 Å². The molecule has 0 aliphatic carbocycles. The first-order valence-electron chi connectivity index (χ1n) is 13.4. The Morgan fingerprint density at radius 1 is 1.05 bits per heavy atom. The molecule has 212 valence electrons. The Kier molecular flexibility index (Phi) is 7.57. The van der Waals surface area contributed by atoms with Crippen molar-refractivity contribution >= 4 is 34.6 Å². The second-order valence-electron chi connectivity index (χ2n) is 11.2. The van der Waals surface area contributed by atoms with Gasteiger partial charge in [-0.1, -0.05) is 26.8 Å². The van der Waals surface area contributed by atoms with Gasteiger partial charge in [0.15, 0.2) is 5.11 Å². The van der Waals surface area contributed by atoms with Crippen LogP contribution in [0.15, 0.2) is 72.9 Å². The zero-order valence-electron chi connectivity index (χ0n) is 24.0. The highest BCUT2D eigenvalue weighted by atomic mass is 32.1. The van der Waals surface area contributed by atoms with Crippen molar-refractivity contribution in [1.82, 2.24) is 14.9 Å². The van der Waals surface area contributed by atoms with Gasteiger partial charge in [-0.2, -0.15) is 0 Å². The fourth-order valence-electron chi connectivity index (χ4n) is 5.27. The molecule has 0 unspecified atom stereocenters. The minimum atomic E-state index is -0.557. The topological polar surface area (TPSA) is 71.4 Å². The third-order valence-electron chi connectivity index (χ3n) is 7.36. The summed E-state index contributed by atoms with van der Waals surface area (Å²) in [4.78, 5) is 19.4. The molecule has 1 amide bonds. The van der Waals surface area contributed by atoms with Crippen LogP contribution in [0.3, 0.4) is 0 Å². The minimum Gasteiger partial charge on any atom is -0.494 e. The highest BCUT2D eigenvalue weighted by molar-refractivity contribution is 7.80. The maximum absolute atomic E-state index is 13.7. The van der Waals surface area contributed by atoms with Crippen molar-refractivity contribution in [2.75, 3.05) is 17.3 Å². The molecule has 9 heteroatoms. The molecule has 3 heterocycles. The van der Waals surface area contributed by atoms with Gasteiger partial charge in [0.25, 0.3) is 0 Å². The number of rotatable bonds is 6. The molecule has 7 nitrogen and oxygen atoms in total. The van der Waals surface area contributed by atoms with E-state index in [2.05, 4.69) is 38.1 Å². The number of carbonyl (C=O) groups is 1. The number of hydrogen-bond acceptors (Lipinski definition) is 4. The Labute approximate surface area is 245 Å². The van der Waals surface area contributed by atoms with E-state index in [1.165, 1.54) is 12.1 Å². The van der Waals surface area contributed by atoms with Gasteiger partial charge in [-0.25, -0.2) is 4.39 Å². The van der Waals surface area contributed by atoms with Gasteiger partial charge in [0.2, 0.25) is 5.91 Å². The number of pyridine rings is 1. The lowest BCUT2D eigenvalue weighted by Crippen LogP contribution is -2.30. The van der Waals surface area contributed by atoms with Gasteiger partial charge in [-0.15, -0.1) is 0 Å². The third-order valence-corrected chi connectivity index (χ3v) is 7.68. The fourth-order valence-corrected chi connectivity index (χ4v) is 5.61. The molecule has 2 N–H and O–H groups in total. The average Bonchev–Trinajstić information content (AvgIpc) is 3.44. The quantitative estimate of drug-likeness (QED) is 0.248. The highest BCUT2D eigenvalue weighted by Gasteiger charge is 2.42. The summed E-state index contributed by atoms with van der Waals surface area (Å²) in [6, 6.07) is 19.6. The summed E-state index contributed by atoms with van der Waals surface area (Å²) in [6.07, 6.45) is 1.78. The third kappa shape index (κ3) is 5.41. The molecule has 0 saturated carbocycles. The van der Waals surface area contributed by atoms with E-state index in [1.54, 1.807) is 25.4 Å². The van der Waals surface area contributed by atoms with Crippen molar-refractivity contribution in [3.05, 3.63) is 101 Å². The van der Waals surface area contributed by atoms with Gasteiger partial charge in [0, 0.05) is 40.4 Å². The molecule has 1 aliphatic rings. The number of nitrogens with one attached hydrogen (secondary N) is 2. The molecular formula is C32H34FN5O2S. The van der Waals surface area contributed by atoms with Crippen molar-refractivity contribution in [3.63, 3.8) is 0 Å². The Bertz CT molecular complexity index is 1600. The molecule has 0 bridgehead atoms.